The zero-order valence-corrected chi connectivity index (χ0v) is 20.0. The first kappa shape index (κ1) is 26.4. The average Bonchev–Trinajstić information content (AvgIpc) is 3.48. The largest absolute Gasteiger partial charge is 0.467 e. The van der Waals surface area contributed by atoms with Gasteiger partial charge in [-0.2, -0.15) is 0 Å². The molecule has 2 atom stereocenters. The lowest BCUT2D eigenvalue weighted by molar-refractivity contribution is -0.150. The van der Waals surface area contributed by atoms with Gasteiger partial charge in [0.05, 0.1) is 20.2 Å². The van der Waals surface area contributed by atoms with Crippen molar-refractivity contribution in [2.24, 2.45) is 0 Å². The van der Waals surface area contributed by atoms with Crippen molar-refractivity contribution >= 4 is 24.0 Å². The Balaban J connectivity index is 0.000000243. The van der Waals surface area contributed by atoms with E-state index >= 15 is 0 Å². The fourth-order valence-electron chi connectivity index (χ4n) is 4.20. The number of likely N-dealkylation sites (tertiary alicyclic amines) is 1. The summed E-state index contributed by atoms with van der Waals surface area (Å²) in [6, 6.07) is 5.80. The summed E-state index contributed by atoms with van der Waals surface area (Å²) in [5.74, 6) is -0.305. The van der Waals surface area contributed by atoms with E-state index in [1.54, 1.807) is 11.0 Å². The molecule has 1 aromatic carbocycles. The minimum absolute atomic E-state index is 0.00347. The van der Waals surface area contributed by atoms with Crippen molar-refractivity contribution in [1.29, 1.82) is 0 Å². The Morgan fingerprint density at radius 1 is 1.33 bits per heavy atom. The van der Waals surface area contributed by atoms with Gasteiger partial charge < -0.3 is 20.1 Å². The second-order valence-electron chi connectivity index (χ2n) is 8.52. The highest BCUT2D eigenvalue weighted by atomic mass is 16.5. The third kappa shape index (κ3) is 7.32. The van der Waals surface area contributed by atoms with E-state index in [9.17, 15) is 14.4 Å². The van der Waals surface area contributed by atoms with E-state index in [0.717, 1.165) is 42.4 Å². The number of carbonyl (C=O) groups excluding carboxylic acids is 2. The second-order valence-corrected chi connectivity index (χ2v) is 8.52. The summed E-state index contributed by atoms with van der Waals surface area (Å²) in [5.41, 5.74) is 3.21. The zero-order chi connectivity index (χ0) is 24.4. The zero-order valence-electron chi connectivity index (χ0n) is 20.0. The van der Waals surface area contributed by atoms with Gasteiger partial charge in [0.2, 0.25) is 5.91 Å². The molecule has 8 nitrogen and oxygen atoms in total. The molecule has 1 aromatic rings. The third-order valence-electron chi connectivity index (χ3n) is 6.15. The highest BCUT2D eigenvalue weighted by Crippen LogP contribution is 2.26. The van der Waals surface area contributed by atoms with Crippen LogP contribution in [0.15, 0.2) is 24.8 Å². The lowest BCUT2D eigenvalue weighted by atomic mass is 10.0. The molecule has 2 aliphatic heterocycles. The summed E-state index contributed by atoms with van der Waals surface area (Å²) in [7, 11) is 1.37. The summed E-state index contributed by atoms with van der Waals surface area (Å²) in [6.07, 6.45) is 5.89. The molecule has 33 heavy (non-hydrogen) atoms. The first-order chi connectivity index (χ1) is 15.8. The molecule has 0 bridgehead atoms. The molecule has 2 unspecified atom stereocenters. The molecule has 0 aromatic heterocycles. The van der Waals surface area contributed by atoms with Gasteiger partial charge in [0, 0.05) is 19.1 Å². The van der Waals surface area contributed by atoms with Crippen LogP contribution in [0.2, 0.25) is 0 Å². The molecule has 2 heterocycles. The second kappa shape index (κ2) is 13.0. The molecule has 2 N–H and O–H groups in total. The molecule has 2 aliphatic rings. The monoisotopic (exact) mass is 459 g/mol. The van der Waals surface area contributed by atoms with Crippen molar-refractivity contribution < 1.29 is 24.2 Å². The smallest absolute Gasteiger partial charge is 0.407 e. The molecule has 3 rings (SSSR count). The van der Waals surface area contributed by atoms with Gasteiger partial charge in [0.25, 0.3) is 0 Å². The molecular weight excluding hydrogens is 422 g/mol. The topological polar surface area (TPSA) is 99.2 Å². The van der Waals surface area contributed by atoms with E-state index in [0.29, 0.717) is 38.6 Å². The van der Waals surface area contributed by atoms with Crippen LogP contribution >= 0.6 is 0 Å². The number of rotatable bonds is 8. The molecule has 8 heteroatoms. The van der Waals surface area contributed by atoms with Crippen LogP contribution in [0.1, 0.15) is 62.6 Å². The van der Waals surface area contributed by atoms with Gasteiger partial charge >= 0.3 is 12.1 Å². The van der Waals surface area contributed by atoms with Gasteiger partial charge in [-0.3, -0.25) is 9.69 Å². The van der Waals surface area contributed by atoms with Gasteiger partial charge in [-0.15, -0.1) is 0 Å². The number of unbranched alkanes of at least 4 members (excludes halogenated alkanes) is 1. The summed E-state index contributed by atoms with van der Waals surface area (Å²) < 4.78 is 4.74. The van der Waals surface area contributed by atoms with Crippen molar-refractivity contribution in [3.63, 3.8) is 0 Å². The number of carboxylic acid groups (broad SMARTS) is 1. The predicted octanol–water partition coefficient (Wildman–Crippen LogP) is 3.64. The van der Waals surface area contributed by atoms with E-state index in [1.165, 1.54) is 12.0 Å². The fourth-order valence-corrected chi connectivity index (χ4v) is 4.20. The maximum absolute atomic E-state index is 12.1. The maximum atomic E-state index is 12.1. The van der Waals surface area contributed by atoms with Gasteiger partial charge in [-0.25, -0.2) is 9.59 Å². The number of nitrogens with zero attached hydrogens (tertiary/aromatic N) is 2. The highest BCUT2D eigenvalue weighted by molar-refractivity contribution is 5.86. The number of nitrogens with one attached hydrogen (secondary N) is 1. The molecule has 0 saturated carbocycles. The number of benzene rings is 1. The first-order valence-corrected chi connectivity index (χ1v) is 11.6. The molecule has 0 radical (unpaired) electrons. The fraction of sp³-hybridized carbons (Fsp3) is 0.560. The Labute approximate surface area is 196 Å². The normalized spacial score (nSPS) is 17.6. The lowest BCUT2D eigenvalue weighted by Crippen LogP contribution is -2.46. The Bertz CT molecular complexity index is 841. The van der Waals surface area contributed by atoms with Crippen LogP contribution in [0.5, 0.6) is 0 Å². The summed E-state index contributed by atoms with van der Waals surface area (Å²) in [6.45, 7) is 9.89. The minimum Gasteiger partial charge on any atom is -0.467 e. The summed E-state index contributed by atoms with van der Waals surface area (Å²) >= 11 is 0. The summed E-state index contributed by atoms with van der Waals surface area (Å²) in [5, 5.41) is 12.1. The van der Waals surface area contributed by atoms with E-state index in [-0.39, 0.29) is 17.9 Å². The van der Waals surface area contributed by atoms with Gasteiger partial charge in [-0.1, -0.05) is 50.6 Å². The summed E-state index contributed by atoms with van der Waals surface area (Å²) in [4.78, 5) is 37.5. The number of carbonyl (C=O) groups is 3. The number of amides is 2. The number of hydrogen-bond acceptors (Lipinski definition) is 5. The molecule has 0 spiro atoms. The number of hydrogen-bond donors (Lipinski definition) is 2. The van der Waals surface area contributed by atoms with Gasteiger partial charge in [0.1, 0.15) is 6.04 Å². The van der Waals surface area contributed by atoms with Crippen LogP contribution in [0.25, 0.3) is 6.08 Å². The van der Waals surface area contributed by atoms with Crippen LogP contribution in [-0.2, 0) is 27.4 Å². The van der Waals surface area contributed by atoms with Crippen LogP contribution in [-0.4, -0.2) is 65.2 Å². The molecule has 182 valence electrons. The Morgan fingerprint density at radius 3 is 2.73 bits per heavy atom. The quantitative estimate of drug-likeness (QED) is 0.576. The van der Waals surface area contributed by atoms with Crippen molar-refractivity contribution in [2.75, 3.05) is 20.2 Å². The third-order valence-corrected chi connectivity index (χ3v) is 6.15. The van der Waals surface area contributed by atoms with Crippen LogP contribution in [0.3, 0.4) is 0 Å². The van der Waals surface area contributed by atoms with Crippen LogP contribution in [0, 0.1) is 0 Å². The molecule has 0 aliphatic carbocycles. The molecule has 2 amide bonds. The molecular formula is C25H37N3O5. The standard InChI is InChI=1S/C14H26N2O3.C11H11NO2/c1-4-5-7-11(2)15-10-13(17)16-9-6-8-12(16)14(18)19-3;1-2-8-4-3-5-9-6-12(11(13)14)7-10(8)9/h11-12,15H,4-10H2,1-3H3;2-5H,1,6-7H2,(H,13,14). The van der Waals surface area contributed by atoms with E-state index in [1.807, 2.05) is 18.2 Å². The Morgan fingerprint density at radius 2 is 2.09 bits per heavy atom. The van der Waals surface area contributed by atoms with E-state index < -0.39 is 6.09 Å². The maximum Gasteiger partial charge on any atom is 0.407 e. The van der Waals surface area contributed by atoms with Crippen LogP contribution < -0.4 is 5.32 Å². The lowest BCUT2D eigenvalue weighted by Gasteiger charge is -2.23. The van der Waals surface area contributed by atoms with Crippen molar-refractivity contribution in [1.82, 2.24) is 15.1 Å². The number of fused-ring (bicyclic) bond motifs is 1. The number of ether oxygens (including phenoxy) is 1. The Hall–Kier alpha value is -2.87. The first-order valence-electron chi connectivity index (χ1n) is 11.6. The van der Waals surface area contributed by atoms with Crippen molar-refractivity contribution in [2.45, 2.75) is 71.1 Å². The van der Waals surface area contributed by atoms with Crippen molar-refractivity contribution in [3.8, 4) is 0 Å². The number of methoxy groups -OCH3 is 1. The number of esters is 1. The Kier molecular flexibility index (Phi) is 10.4. The molecule has 1 fully saturated rings. The van der Waals surface area contributed by atoms with E-state index in [4.69, 9.17) is 9.84 Å². The van der Waals surface area contributed by atoms with Crippen molar-refractivity contribution in [3.05, 3.63) is 41.5 Å². The molecule has 1 saturated heterocycles. The predicted molar refractivity (Wildman–Crippen MR) is 128 cm³/mol. The van der Waals surface area contributed by atoms with E-state index in [2.05, 4.69) is 25.7 Å². The average molecular weight is 460 g/mol. The van der Waals surface area contributed by atoms with Gasteiger partial charge in [-0.05, 0) is 42.9 Å². The highest BCUT2D eigenvalue weighted by Gasteiger charge is 2.34. The van der Waals surface area contributed by atoms with Crippen LogP contribution in [0.4, 0.5) is 4.79 Å². The SMILES string of the molecule is C=Cc1cccc2c1CN(C(=O)O)C2.CCCCC(C)NCC(=O)N1CCCC1C(=O)OC. The minimum atomic E-state index is -0.865. The van der Waals surface area contributed by atoms with Gasteiger partial charge in [0.15, 0.2) is 0 Å².